The molecule has 122 valence electrons. The molecule has 20 heavy (non-hydrogen) atoms. The molecule has 0 aromatic rings. The van der Waals surface area contributed by atoms with E-state index in [2.05, 4.69) is 4.74 Å². The second kappa shape index (κ2) is 11.6. The molecule has 0 saturated carbocycles. The topological polar surface area (TPSA) is 78.6 Å². The normalized spacial score (nSPS) is 10.2. The van der Waals surface area contributed by atoms with Gasteiger partial charge in [-0.3, -0.25) is 4.79 Å². The summed E-state index contributed by atoms with van der Waals surface area (Å²) >= 11 is 0. The van der Waals surface area contributed by atoms with Crippen LogP contribution in [0.2, 0.25) is 0 Å². The van der Waals surface area contributed by atoms with Crippen molar-refractivity contribution in [2.24, 2.45) is 5.73 Å². The summed E-state index contributed by atoms with van der Waals surface area (Å²) in [6.07, 6.45) is 0.657. The van der Waals surface area contributed by atoms with Crippen LogP contribution in [-0.4, -0.2) is 23.3 Å². The third-order valence-corrected chi connectivity index (χ3v) is 1.28. The number of esters is 1. The first-order valence-corrected chi connectivity index (χ1v) is 7.07. The van der Waals surface area contributed by atoms with E-state index >= 15 is 0 Å². The van der Waals surface area contributed by atoms with Crippen LogP contribution in [0.3, 0.4) is 0 Å². The molecular weight excluding hydrogens is 258 g/mol. The van der Waals surface area contributed by atoms with Gasteiger partial charge >= 0.3 is 12.1 Å². The van der Waals surface area contributed by atoms with Gasteiger partial charge in [0.1, 0.15) is 11.2 Å². The second-order valence-corrected chi connectivity index (χ2v) is 5.87. The Labute approximate surface area is 124 Å². The number of rotatable bonds is 2. The number of primary amides is 1. The molecule has 0 aromatic heterocycles. The molecule has 0 aliphatic rings. The van der Waals surface area contributed by atoms with Crippen LogP contribution in [0.5, 0.6) is 0 Å². The lowest BCUT2D eigenvalue weighted by Crippen LogP contribution is -2.27. The van der Waals surface area contributed by atoms with Crippen molar-refractivity contribution < 1.29 is 19.1 Å². The van der Waals surface area contributed by atoms with Crippen molar-refractivity contribution >= 4 is 12.1 Å². The molecule has 0 rings (SSSR count). The third-order valence-electron chi connectivity index (χ3n) is 1.28. The van der Waals surface area contributed by atoms with Gasteiger partial charge in [0, 0.05) is 6.42 Å². The monoisotopic (exact) mass is 291 g/mol. The van der Waals surface area contributed by atoms with Gasteiger partial charge in [0.15, 0.2) is 0 Å². The molecular formula is C15H33NO4. The lowest BCUT2D eigenvalue weighted by atomic mass is 10.2. The van der Waals surface area contributed by atoms with Crippen LogP contribution in [0.1, 0.15) is 75.2 Å². The Morgan fingerprint density at radius 1 is 0.900 bits per heavy atom. The summed E-state index contributed by atoms with van der Waals surface area (Å²) in [5, 5.41) is 0. The molecule has 0 aliphatic heterocycles. The average Bonchev–Trinajstić information content (AvgIpc) is 2.14. The maximum atomic E-state index is 10.8. The number of carbonyl (C=O) groups is 2. The molecule has 0 radical (unpaired) electrons. The van der Waals surface area contributed by atoms with Crippen molar-refractivity contribution in [3.05, 3.63) is 0 Å². The largest absolute Gasteiger partial charge is 0.460 e. The van der Waals surface area contributed by atoms with E-state index in [0.717, 1.165) is 6.42 Å². The van der Waals surface area contributed by atoms with E-state index in [0.29, 0.717) is 6.42 Å². The van der Waals surface area contributed by atoms with Crippen molar-refractivity contribution in [2.45, 2.75) is 86.4 Å². The SMILES string of the molecule is CC.CC(C)(C)OC(N)=O.CCCC(=O)OC(C)(C)C. The first-order valence-electron chi connectivity index (χ1n) is 7.07. The maximum absolute atomic E-state index is 10.8. The molecule has 0 spiro atoms. The van der Waals surface area contributed by atoms with Crippen LogP contribution in [0.15, 0.2) is 0 Å². The van der Waals surface area contributed by atoms with Gasteiger partial charge < -0.3 is 15.2 Å². The molecule has 0 heterocycles. The predicted octanol–water partition coefficient (Wildman–Crippen LogP) is 4.03. The summed E-state index contributed by atoms with van der Waals surface area (Å²) in [5.74, 6) is -0.102. The average molecular weight is 291 g/mol. The zero-order valence-corrected chi connectivity index (χ0v) is 14.6. The minimum Gasteiger partial charge on any atom is -0.460 e. The van der Waals surface area contributed by atoms with Gasteiger partial charge in [-0.2, -0.15) is 0 Å². The van der Waals surface area contributed by atoms with Crippen LogP contribution >= 0.6 is 0 Å². The molecule has 0 atom stereocenters. The van der Waals surface area contributed by atoms with Gasteiger partial charge in [0.25, 0.3) is 0 Å². The van der Waals surface area contributed by atoms with Gasteiger partial charge in [-0.15, -0.1) is 0 Å². The Morgan fingerprint density at radius 3 is 1.40 bits per heavy atom. The Morgan fingerprint density at radius 2 is 1.25 bits per heavy atom. The smallest absolute Gasteiger partial charge is 0.405 e. The fourth-order valence-corrected chi connectivity index (χ4v) is 0.898. The Balaban J connectivity index is -0.000000262. The molecule has 1 amide bonds. The lowest BCUT2D eigenvalue weighted by molar-refractivity contribution is -0.154. The van der Waals surface area contributed by atoms with Crippen LogP contribution in [0.4, 0.5) is 4.79 Å². The summed E-state index contributed by atoms with van der Waals surface area (Å²) in [6, 6.07) is 0. The summed E-state index contributed by atoms with van der Waals surface area (Å²) in [6.45, 7) is 16.9. The Kier molecular flexibility index (Phi) is 13.8. The van der Waals surface area contributed by atoms with Gasteiger partial charge in [-0.25, -0.2) is 4.79 Å². The summed E-state index contributed by atoms with van der Waals surface area (Å²) in [4.78, 5) is 20.9. The van der Waals surface area contributed by atoms with E-state index < -0.39 is 11.7 Å². The number of nitrogens with two attached hydrogens (primary N) is 1. The van der Waals surface area contributed by atoms with E-state index in [1.807, 2.05) is 41.5 Å². The first-order chi connectivity index (χ1) is 8.87. The molecule has 5 heteroatoms. The van der Waals surface area contributed by atoms with Crippen molar-refractivity contribution in [3.8, 4) is 0 Å². The molecule has 0 fully saturated rings. The molecule has 0 aromatic carbocycles. The molecule has 0 unspecified atom stereocenters. The highest BCUT2D eigenvalue weighted by Crippen LogP contribution is 2.08. The highest BCUT2D eigenvalue weighted by atomic mass is 16.6. The number of amides is 1. The van der Waals surface area contributed by atoms with E-state index in [-0.39, 0.29) is 11.6 Å². The van der Waals surface area contributed by atoms with Crippen LogP contribution < -0.4 is 5.73 Å². The van der Waals surface area contributed by atoms with E-state index in [1.54, 1.807) is 20.8 Å². The molecule has 5 nitrogen and oxygen atoms in total. The number of hydrogen-bond acceptors (Lipinski definition) is 4. The van der Waals surface area contributed by atoms with Crippen molar-refractivity contribution in [1.82, 2.24) is 0 Å². The zero-order chi connectivity index (χ0) is 17.0. The van der Waals surface area contributed by atoms with Gasteiger partial charge in [-0.1, -0.05) is 20.8 Å². The zero-order valence-electron chi connectivity index (χ0n) is 14.6. The Hall–Kier alpha value is -1.26. The summed E-state index contributed by atoms with van der Waals surface area (Å²) < 4.78 is 9.62. The van der Waals surface area contributed by atoms with Crippen molar-refractivity contribution in [1.29, 1.82) is 0 Å². The molecule has 0 saturated heterocycles. The number of hydrogen-bond donors (Lipinski definition) is 1. The second-order valence-electron chi connectivity index (χ2n) is 5.87. The van der Waals surface area contributed by atoms with Crippen molar-refractivity contribution in [2.75, 3.05) is 0 Å². The molecule has 2 N–H and O–H groups in total. The minimum atomic E-state index is -0.725. The molecule has 0 aliphatic carbocycles. The van der Waals surface area contributed by atoms with Crippen LogP contribution in [-0.2, 0) is 14.3 Å². The van der Waals surface area contributed by atoms with E-state index in [9.17, 15) is 9.59 Å². The lowest BCUT2D eigenvalue weighted by Gasteiger charge is -2.18. The standard InChI is InChI=1S/C8H16O2.C5H11NO2.C2H6/c1-5-6-7(9)10-8(2,3)4;1-5(2,3)8-4(6)7;1-2/h5-6H2,1-4H3;1-3H3,(H2,6,7);1-2H3. The summed E-state index contributed by atoms with van der Waals surface area (Å²) in [5.41, 5.74) is 3.94. The van der Waals surface area contributed by atoms with Gasteiger partial charge in [0.2, 0.25) is 0 Å². The third kappa shape index (κ3) is 30.1. The Bertz CT molecular complexity index is 262. The van der Waals surface area contributed by atoms with Gasteiger partial charge in [-0.05, 0) is 48.0 Å². The highest BCUT2D eigenvalue weighted by Gasteiger charge is 2.14. The highest BCUT2D eigenvalue weighted by molar-refractivity contribution is 5.69. The predicted molar refractivity (Wildman–Crippen MR) is 82.5 cm³/mol. The van der Waals surface area contributed by atoms with E-state index in [1.165, 1.54) is 0 Å². The van der Waals surface area contributed by atoms with Crippen LogP contribution in [0, 0.1) is 0 Å². The van der Waals surface area contributed by atoms with Gasteiger partial charge in [0.05, 0.1) is 0 Å². The number of carbonyl (C=O) groups excluding carboxylic acids is 2. The fourth-order valence-electron chi connectivity index (χ4n) is 0.898. The minimum absolute atomic E-state index is 0.102. The number of ether oxygens (including phenoxy) is 2. The quantitative estimate of drug-likeness (QED) is 0.779. The fraction of sp³-hybridized carbons (Fsp3) is 0.867. The molecule has 0 bridgehead atoms. The first kappa shape index (κ1) is 23.8. The van der Waals surface area contributed by atoms with Crippen LogP contribution in [0.25, 0.3) is 0 Å². The maximum Gasteiger partial charge on any atom is 0.405 e. The summed E-state index contributed by atoms with van der Waals surface area (Å²) in [7, 11) is 0. The van der Waals surface area contributed by atoms with E-state index in [4.69, 9.17) is 10.5 Å². The van der Waals surface area contributed by atoms with Crippen molar-refractivity contribution in [3.63, 3.8) is 0 Å².